The molecule has 6 nitrogen and oxygen atoms in total. The van der Waals surface area contributed by atoms with Crippen LogP contribution in [0.25, 0.3) is 11.4 Å². The van der Waals surface area contributed by atoms with Gasteiger partial charge in [0.15, 0.2) is 10.3 Å². The Morgan fingerprint density at radius 3 is 1.54 bits per heavy atom. The molecule has 0 aromatic carbocycles. The number of hydrogen-bond donors (Lipinski definition) is 2. The van der Waals surface area contributed by atoms with Gasteiger partial charge in [-0.1, -0.05) is 23.2 Å². The fourth-order valence-electron chi connectivity index (χ4n) is 2.09. The molecule has 0 aliphatic rings. The molecule has 2 amide bonds. The standard InChI is InChI=1S/C16H8Cl2N4O2S4/c17-11-3-1-9(27-11)13(23)21-15-19-7(5-25-15)8-6-26-16(20-8)22-14(24)10-2-4-12(18)28-10/h1-6H,(H,19,21,23)(H,20,22,24). The van der Waals surface area contributed by atoms with Crippen molar-refractivity contribution in [3.8, 4) is 11.4 Å². The molecule has 4 aromatic rings. The summed E-state index contributed by atoms with van der Waals surface area (Å²) in [4.78, 5) is 34.1. The summed E-state index contributed by atoms with van der Waals surface area (Å²) in [6.45, 7) is 0. The fraction of sp³-hybridized carbons (Fsp3) is 0. The van der Waals surface area contributed by atoms with Gasteiger partial charge in [-0.05, 0) is 24.3 Å². The van der Waals surface area contributed by atoms with E-state index in [1.54, 1.807) is 35.0 Å². The molecule has 0 fully saturated rings. The van der Waals surface area contributed by atoms with Crippen molar-refractivity contribution in [3.05, 3.63) is 53.5 Å². The van der Waals surface area contributed by atoms with E-state index in [9.17, 15) is 9.59 Å². The summed E-state index contributed by atoms with van der Waals surface area (Å²) in [7, 11) is 0. The number of nitrogens with one attached hydrogen (secondary N) is 2. The molecule has 0 spiro atoms. The Morgan fingerprint density at radius 1 is 0.750 bits per heavy atom. The second-order valence-corrected chi connectivity index (χ2v) is 10.3. The maximum absolute atomic E-state index is 12.2. The van der Waals surface area contributed by atoms with Gasteiger partial charge in [0.2, 0.25) is 0 Å². The zero-order valence-corrected chi connectivity index (χ0v) is 18.3. The van der Waals surface area contributed by atoms with Crippen molar-refractivity contribution >= 4 is 90.6 Å². The second-order valence-electron chi connectivity index (χ2n) is 5.19. The zero-order chi connectivity index (χ0) is 19.7. The van der Waals surface area contributed by atoms with E-state index in [1.807, 2.05) is 0 Å². The molecule has 142 valence electrons. The molecule has 4 aromatic heterocycles. The average Bonchev–Trinajstić information content (AvgIpc) is 3.42. The summed E-state index contributed by atoms with van der Waals surface area (Å²) in [5, 5.41) is 9.97. The van der Waals surface area contributed by atoms with Gasteiger partial charge >= 0.3 is 0 Å². The van der Waals surface area contributed by atoms with E-state index in [0.29, 0.717) is 40.1 Å². The maximum atomic E-state index is 12.2. The van der Waals surface area contributed by atoms with Crippen LogP contribution >= 0.6 is 68.5 Å². The van der Waals surface area contributed by atoms with Crippen LogP contribution in [-0.2, 0) is 0 Å². The summed E-state index contributed by atoms with van der Waals surface area (Å²) in [5.74, 6) is -0.530. The quantitative estimate of drug-likeness (QED) is 0.351. The van der Waals surface area contributed by atoms with Crippen LogP contribution in [0.4, 0.5) is 10.3 Å². The topological polar surface area (TPSA) is 84.0 Å². The molecule has 0 radical (unpaired) electrons. The number of thiophene rings is 2. The van der Waals surface area contributed by atoms with Crippen LogP contribution in [-0.4, -0.2) is 21.8 Å². The molecule has 12 heteroatoms. The van der Waals surface area contributed by atoms with Gasteiger partial charge in [-0.2, -0.15) is 0 Å². The number of carbonyl (C=O) groups excluding carboxylic acids is 2. The second kappa shape index (κ2) is 8.27. The van der Waals surface area contributed by atoms with Crippen LogP contribution in [0.2, 0.25) is 8.67 Å². The van der Waals surface area contributed by atoms with E-state index in [0.717, 1.165) is 0 Å². The van der Waals surface area contributed by atoms with Crippen molar-refractivity contribution in [3.63, 3.8) is 0 Å². The number of nitrogens with zero attached hydrogens (tertiary/aromatic N) is 2. The Kier molecular flexibility index (Phi) is 5.76. The summed E-state index contributed by atoms with van der Waals surface area (Å²) < 4.78 is 1.10. The van der Waals surface area contributed by atoms with Gasteiger partial charge < -0.3 is 0 Å². The predicted octanol–water partition coefficient (Wildman–Crippen LogP) is 6.20. The van der Waals surface area contributed by atoms with Crippen molar-refractivity contribution in [1.29, 1.82) is 0 Å². The Labute approximate surface area is 184 Å². The lowest BCUT2D eigenvalue weighted by atomic mass is 10.4. The highest BCUT2D eigenvalue weighted by Gasteiger charge is 2.15. The zero-order valence-electron chi connectivity index (χ0n) is 13.6. The molecule has 0 bridgehead atoms. The Hall–Kier alpha value is -1.82. The van der Waals surface area contributed by atoms with Crippen LogP contribution in [0.5, 0.6) is 0 Å². The van der Waals surface area contributed by atoms with Gasteiger partial charge in [0, 0.05) is 10.8 Å². The van der Waals surface area contributed by atoms with Crippen molar-refractivity contribution in [2.45, 2.75) is 0 Å². The van der Waals surface area contributed by atoms with Gasteiger partial charge in [-0.25, -0.2) is 9.97 Å². The molecule has 4 rings (SSSR count). The Morgan fingerprint density at radius 2 is 1.18 bits per heavy atom. The number of anilines is 2. The molecule has 0 saturated carbocycles. The highest BCUT2D eigenvalue weighted by Crippen LogP contribution is 2.30. The minimum absolute atomic E-state index is 0.265. The number of thiazole rings is 2. The molecular weight excluding hydrogens is 479 g/mol. The van der Waals surface area contributed by atoms with E-state index in [1.165, 1.54) is 45.3 Å². The largest absolute Gasteiger partial charge is 0.297 e. The molecule has 2 N–H and O–H groups in total. The molecular formula is C16H8Cl2N4O2S4. The van der Waals surface area contributed by atoms with Crippen molar-refractivity contribution in [1.82, 2.24) is 9.97 Å². The first-order chi connectivity index (χ1) is 13.5. The third-order valence-electron chi connectivity index (χ3n) is 3.31. The van der Waals surface area contributed by atoms with Crippen molar-refractivity contribution in [2.75, 3.05) is 10.6 Å². The highest BCUT2D eigenvalue weighted by atomic mass is 35.5. The summed E-state index contributed by atoms with van der Waals surface area (Å²) in [6.07, 6.45) is 0. The van der Waals surface area contributed by atoms with Crippen molar-refractivity contribution in [2.24, 2.45) is 0 Å². The lowest BCUT2D eigenvalue weighted by Crippen LogP contribution is -2.10. The third kappa shape index (κ3) is 4.43. The van der Waals surface area contributed by atoms with Gasteiger partial charge in [0.05, 0.1) is 18.4 Å². The molecule has 0 aliphatic carbocycles. The lowest BCUT2D eigenvalue weighted by Gasteiger charge is -1.98. The van der Waals surface area contributed by atoms with E-state index >= 15 is 0 Å². The minimum Gasteiger partial charge on any atom is -0.297 e. The van der Waals surface area contributed by atoms with Crippen LogP contribution in [0.3, 0.4) is 0 Å². The van der Waals surface area contributed by atoms with E-state index in [-0.39, 0.29) is 11.8 Å². The number of halogens is 2. The van der Waals surface area contributed by atoms with Crippen molar-refractivity contribution < 1.29 is 9.59 Å². The van der Waals surface area contributed by atoms with Crippen LogP contribution in [0.15, 0.2) is 35.0 Å². The SMILES string of the molecule is O=C(Nc1nc(-c2csc(NC(=O)c3ccc(Cl)s3)n2)cs1)c1ccc(Cl)s1. The monoisotopic (exact) mass is 486 g/mol. The van der Waals surface area contributed by atoms with Crippen LogP contribution < -0.4 is 10.6 Å². The first-order valence-corrected chi connectivity index (χ1v) is 11.7. The summed E-state index contributed by atoms with van der Waals surface area (Å²) >= 11 is 16.7. The number of aromatic nitrogens is 2. The van der Waals surface area contributed by atoms with Crippen LogP contribution in [0.1, 0.15) is 19.3 Å². The molecule has 4 heterocycles. The number of rotatable bonds is 5. The third-order valence-corrected chi connectivity index (χ3v) is 7.28. The number of hydrogen-bond acceptors (Lipinski definition) is 8. The average molecular weight is 487 g/mol. The molecule has 28 heavy (non-hydrogen) atoms. The highest BCUT2D eigenvalue weighted by molar-refractivity contribution is 7.19. The van der Waals surface area contributed by atoms with Gasteiger partial charge in [0.25, 0.3) is 11.8 Å². The molecule has 0 atom stereocenters. The number of carbonyl (C=O) groups is 2. The van der Waals surface area contributed by atoms with E-state index in [2.05, 4.69) is 20.6 Å². The van der Waals surface area contributed by atoms with Gasteiger partial charge in [-0.3, -0.25) is 20.2 Å². The smallest absolute Gasteiger partial charge is 0.267 e. The fourth-order valence-corrected chi connectivity index (χ4v) is 5.36. The predicted molar refractivity (Wildman–Crippen MR) is 118 cm³/mol. The summed E-state index contributed by atoms with van der Waals surface area (Å²) in [6, 6.07) is 6.66. The van der Waals surface area contributed by atoms with Crippen LogP contribution in [0, 0.1) is 0 Å². The summed E-state index contributed by atoms with van der Waals surface area (Å²) in [5.41, 5.74) is 1.22. The normalized spacial score (nSPS) is 10.8. The molecule has 0 saturated heterocycles. The van der Waals surface area contributed by atoms with E-state index < -0.39 is 0 Å². The molecule has 0 unspecified atom stereocenters. The molecule has 0 aliphatic heterocycles. The van der Waals surface area contributed by atoms with E-state index in [4.69, 9.17) is 23.2 Å². The van der Waals surface area contributed by atoms with Gasteiger partial charge in [-0.15, -0.1) is 45.3 Å². The number of amides is 2. The Balaban J connectivity index is 1.43. The van der Waals surface area contributed by atoms with Gasteiger partial charge in [0.1, 0.15) is 11.4 Å². The first kappa shape index (κ1) is 19.5. The first-order valence-electron chi connectivity index (χ1n) is 7.53. The minimum atomic E-state index is -0.265. The maximum Gasteiger partial charge on any atom is 0.267 e. The Bertz CT molecular complexity index is 1070. The lowest BCUT2D eigenvalue weighted by molar-refractivity contribution is 0.102.